The second kappa shape index (κ2) is 7.78. The van der Waals surface area contributed by atoms with Gasteiger partial charge in [-0.25, -0.2) is 0 Å². The average molecular weight is 383 g/mol. The molecule has 0 aliphatic carbocycles. The summed E-state index contributed by atoms with van der Waals surface area (Å²) in [5.74, 6) is 0. The smallest absolute Gasteiger partial charge is 0.341 e. The molecule has 2 atom stereocenters. The van der Waals surface area contributed by atoms with Gasteiger partial charge in [-0.15, -0.1) is 0 Å². The van der Waals surface area contributed by atoms with Gasteiger partial charge in [0.1, 0.15) is 6.23 Å². The molecule has 1 aliphatic heterocycles. The van der Waals surface area contributed by atoms with E-state index in [0.717, 1.165) is 11.1 Å². The minimum absolute atomic E-state index is 0.200. The van der Waals surface area contributed by atoms with Crippen LogP contribution >= 0.6 is 0 Å². The van der Waals surface area contributed by atoms with Crippen molar-refractivity contribution in [2.75, 3.05) is 0 Å². The third-order valence-corrected chi connectivity index (χ3v) is 4.90. The molecule has 3 aromatic carbocycles. The number of halogens is 3. The topological polar surface area (TPSA) is 12.5 Å². The van der Waals surface area contributed by atoms with Crippen molar-refractivity contribution in [3.63, 3.8) is 0 Å². The number of fused-ring (bicyclic) bond motifs is 1. The molecule has 0 aromatic heterocycles. The van der Waals surface area contributed by atoms with Crippen LogP contribution in [0.2, 0.25) is 0 Å². The molecule has 4 rings (SSSR count). The molecule has 3 aromatic rings. The van der Waals surface area contributed by atoms with Gasteiger partial charge in [-0.05, 0) is 16.7 Å². The van der Waals surface area contributed by atoms with Gasteiger partial charge < -0.3 is 4.74 Å². The lowest BCUT2D eigenvalue weighted by Crippen LogP contribution is -2.29. The largest absolute Gasteiger partial charge is 0.418 e. The van der Waals surface area contributed by atoms with Crippen molar-refractivity contribution in [2.45, 2.75) is 31.6 Å². The highest BCUT2D eigenvalue weighted by atomic mass is 19.4. The molecule has 144 valence electrons. The standard InChI is InChI=1S/C23H20F3NO/c24-23(25,26)21-19-13-7-8-14-20(19)22(28-21)27(15-17-9-3-1-4-10-17)16-18-11-5-2-6-12-18/h1-14,21-22H,15-16H2. The van der Waals surface area contributed by atoms with Crippen molar-refractivity contribution in [1.29, 1.82) is 0 Å². The van der Waals surface area contributed by atoms with E-state index >= 15 is 0 Å². The Morgan fingerprint density at radius 3 is 1.64 bits per heavy atom. The second-order valence-electron chi connectivity index (χ2n) is 6.92. The fraction of sp³-hybridized carbons (Fsp3) is 0.217. The van der Waals surface area contributed by atoms with Gasteiger partial charge in [0.25, 0.3) is 0 Å². The number of hydrogen-bond donors (Lipinski definition) is 0. The van der Waals surface area contributed by atoms with Crippen LogP contribution in [0.25, 0.3) is 0 Å². The molecule has 0 saturated heterocycles. The minimum atomic E-state index is -4.45. The number of alkyl halides is 3. The van der Waals surface area contributed by atoms with Crippen molar-refractivity contribution in [3.05, 3.63) is 107 Å². The van der Waals surface area contributed by atoms with E-state index in [1.54, 1.807) is 18.2 Å². The third-order valence-electron chi connectivity index (χ3n) is 4.90. The highest BCUT2D eigenvalue weighted by molar-refractivity contribution is 5.35. The number of benzene rings is 3. The summed E-state index contributed by atoms with van der Waals surface area (Å²) in [7, 11) is 0. The quantitative estimate of drug-likeness (QED) is 0.534. The first-order chi connectivity index (χ1) is 13.5. The van der Waals surface area contributed by atoms with Gasteiger partial charge in [-0.1, -0.05) is 84.9 Å². The predicted molar refractivity (Wildman–Crippen MR) is 101 cm³/mol. The van der Waals surface area contributed by atoms with E-state index in [0.29, 0.717) is 18.7 Å². The van der Waals surface area contributed by atoms with E-state index in [9.17, 15) is 13.2 Å². The summed E-state index contributed by atoms with van der Waals surface area (Å²) in [5.41, 5.74) is 2.83. The number of hydrogen-bond acceptors (Lipinski definition) is 2. The Balaban J connectivity index is 1.69. The Morgan fingerprint density at radius 2 is 1.14 bits per heavy atom. The zero-order valence-electron chi connectivity index (χ0n) is 15.1. The molecule has 2 nitrogen and oxygen atoms in total. The highest BCUT2D eigenvalue weighted by Gasteiger charge is 2.50. The van der Waals surface area contributed by atoms with Crippen LogP contribution in [-0.4, -0.2) is 11.1 Å². The maximum Gasteiger partial charge on any atom is 0.418 e. The normalized spacial score (nSPS) is 19.0. The summed E-state index contributed by atoms with van der Waals surface area (Å²) in [6.45, 7) is 0.971. The second-order valence-corrected chi connectivity index (χ2v) is 6.92. The molecule has 0 bridgehead atoms. The minimum Gasteiger partial charge on any atom is -0.341 e. The summed E-state index contributed by atoms with van der Waals surface area (Å²) in [5, 5.41) is 0. The summed E-state index contributed by atoms with van der Waals surface area (Å²) < 4.78 is 46.4. The Morgan fingerprint density at radius 1 is 0.679 bits per heavy atom. The van der Waals surface area contributed by atoms with Crippen LogP contribution < -0.4 is 0 Å². The first kappa shape index (κ1) is 18.7. The van der Waals surface area contributed by atoms with Gasteiger partial charge >= 0.3 is 6.18 Å². The molecule has 0 amide bonds. The first-order valence-corrected chi connectivity index (χ1v) is 9.15. The van der Waals surface area contributed by atoms with Crippen molar-refractivity contribution in [2.24, 2.45) is 0 Å². The number of rotatable bonds is 5. The SMILES string of the molecule is FC(F)(F)C1OC(N(Cc2ccccc2)Cc2ccccc2)c2ccccc21. The third kappa shape index (κ3) is 3.96. The lowest BCUT2D eigenvalue weighted by atomic mass is 10.0. The van der Waals surface area contributed by atoms with E-state index in [2.05, 4.69) is 0 Å². The lowest BCUT2D eigenvalue weighted by molar-refractivity contribution is -0.245. The molecular weight excluding hydrogens is 363 g/mol. The van der Waals surface area contributed by atoms with Crippen molar-refractivity contribution in [1.82, 2.24) is 4.90 Å². The van der Waals surface area contributed by atoms with E-state index < -0.39 is 18.5 Å². The van der Waals surface area contributed by atoms with Crippen LogP contribution in [0.5, 0.6) is 0 Å². The van der Waals surface area contributed by atoms with Crippen molar-refractivity contribution < 1.29 is 17.9 Å². The van der Waals surface area contributed by atoms with E-state index in [1.807, 2.05) is 65.6 Å². The van der Waals surface area contributed by atoms with E-state index in [-0.39, 0.29) is 5.56 Å². The first-order valence-electron chi connectivity index (χ1n) is 9.15. The van der Waals surface area contributed by atoms with Crippen molar-refractivity contribution in [3.8, 4) is 0 Å². The summed E-state index contributed by atoms with van der Waals surface area (Å²) in [6, 6.07) is 26.1. The molecular formula is C23H20F3NO. The lowest BCUT2D eigenvalue weighted by Gasteiger charge is -2.30. The molecule has 1 aliphatic rings. The van der Waals surface area contributed by atoms with Crippen LogP contribution in [0.3, 0.4) is 0 Å². The molecule has 5 heteroatoms. The molecule has 0 spiro atoms. The fourth-order valence-corrected chi connectivity index (χ4v) is 3.64. The Bertz CT molecular complexity index is 870. The van der Waals surface area contributed by atoms with Crippen LogP contribution in [-0.2, 0) is 17.8 Å². The van der Waals surface area contributed by atoms with Gasteiger partial charge in [-0.2, -0.15) is 13.2 Å². The van der Waals surface area contributed by atoms with Gasteiger partial charge in [0.2, 0.25) is 0 Å². The number of nitrogens with zero attached hydrogens (tertiary/aromatic N) is 1. The maximum absolute atomic E-state index is 13.6. The van der Waals surface area contributed by atoms with E-state index in [1.165, 1.54) is 6.07 Å². The molecule has 2 unspecified atom stereocenters. The molecule has 28 heavy (non-hydrogen) atoms. The molecule has 0 fully saturated rings. The molecule has 0 saturated carbocycles. The maximum atomic E-state index is 13.6. The molecule has 1 heterocycles. The zero-order valence-corrected chi connectivity index (χ0v) is 15.1. The molecule has 0 radical (unpaired) electrons. The average Bonchev–Trinajstić information content (AvgIpc) is 3.09. The number of ether oxygens (including phenoxy) is 1. The van der Waals surface area contributed by atoms with Gasteiger partial charge in [0.05, 0.1) is 0 Å². The van der Waals surface area contributed by atoms with E-state index in [4.69, 9.17) is 4.74 Å². The zero-order chi connectivity index (χ0) is 19.6. The van der Waals surface area contributed by atoms with Crippen molar-refractivity contribution >= 4 is 0 Å². The summed E-state index contributed by atoms with van der Waals surface area (Å²) in [4.78, 5) is 1.95. The molecule has 0 N–H and O–H groups in total. The van der Waals surface area contributed by atoms with Crippen LogP contribution in [0.15, 0.2) is 84.9 Å². The predicted octanol–water partition coefficient (Wildman–Crippen LogP) is 6.02. The van der Waals surface area contributed by atoms with Gasteiger partial charge in [0, 0.05) is 18.7 Å². The van der Waals surface area contributed by atoms with Gasteiger partial charge in [-0.3, -0.25) is 4.90 Å². The Hall–Kier alpha value is -2.63. The Kier molecular flexibility index (Phi) is 5.20. The van der Waals surface area contributed by atoms with Crippen LogP contribution in [0.1, 0.15) is 34.6 Å². The van der Waals surface area contributed by atoms with Gasteiger partial charge in [0.15, 0.2) is 6.10 Å². The summed E-state index contributed by atoms with van der Waals surface area (Å²) >= 11 is 0. The Labute approximate surface area is 162 Å². The van der Waals surface area contributed by atoms with Crippen LogP contribution in [0.4, 0.5) is 13.2 Å². The summed E-state index contributed by atoms with van der Waals surface area (Å²) in [6.07, 6.45) is -7.11. The monoisotopic (exact) mass is 383 g/mol. The van der Waals surface area contributed by atoms with Crippen LogP contribution in [0, 0.1) is 0 Å². The fourth-order valence-electron chi connectivity index (χ4n) is 3.64. The highest BCUT2D eigenvalue weighted by Crippen LogP contribution is 2.49.